The van der Waals surface area contributed by atoms with Crippen molar-refractivity contribution in [3.05, 3.63) is 47.4 Å². The van der Waals surface area contributed by atoms with Gasteiger partial charge in [0.1, 0.15) is 0 Å². The van der Waals surface area contributed by atoms with E-state index >= 15 is 0 Å². The van der Waals surface area contributed by atoms with E-state index < -0.39 is 5.82 Å². The van der Waals surface area contributed by atoms with E-state index in [4.69, 9.17) is 5.26 Å². The summed E-state index contributed by atoms with van der Waals surface area (Å²) < 4.78 is 18.0. The van der Waals surface area contributed by atoms with Gasteiger partial charge >= 0.3 is 0 Å². The summed E-state index contributed by atoms with van der Waals surface area (Å²) in [5.74, 6) is 3.11. The fourth-order valence-corrected chi connectivity index (χ4v) is 3.98. The zero-order valence-electron chi connectivity index (χ0n) is 16.5. The first-order valence-corrected chi connectivity index (χ1v) is 9.72. The lowest BCUT2D eigenvalue weighted by Crippen LogP contribution is -2.04. The molecule has 4 heterocycles. The maximum Gasteiger partial charge on any atom is 0.265 e. The fraction of sp³-hybridized carbons (Fsp3) is 0.350. The van der Waals surface area contributed by atoms with Gasteiger partial charge in [-0.2, -0.15) is 10.2 Å². The Morgan fingerprint density at radius 3 is 2.76 bits per heavy atom. The second-order valence-electron chi connectivity index (χ2n) is 8.05. The van der Waals surface area contributed by atoms with E-state index in [1.807, 2.05) is 32.9 Å². The molecule has 1 saturated carbocycles. The first kappa shape index (κ1) is 17.8. The largest absolute Gasteiger partial charge is 0.265 e. The monoisotopic (exact) mass is 387 g/mol. The lowest BCUT2D eigenvalue weighted by Gasteiger charge is -2.05. The average molecular weight is 387 g/mol. The second kappa shape index (κ2) is 6.37. The Morgan fingerprint density at radius 2 is 1.97 bits per heavy atom. The van der Waals surface area contributed by atoms with Crippen molar-refractivity contribution in [1.29, 1.82) is 5.26 Å². The first-order chi connectivity index (χ1) is 13.9. The molecule has 0 aliphatic heterocycles. The molecule has 0 radical (unpaired) electrons. The van der Waals surface area contributed by atoms with E-state index in [0.717, 1.165) is 29.6 Å². The van der Waals surface area contributed by atoms with Gasteiger partial charge in [0.05, 0.1) is 17.6 Å². The van der Waals surface area contributed by atoms with Crippen LogP contribution in [0.3, 0.4) is 0 Å². The molecule has 0 amide bonds. The quantitative estimate of drug-likeness (QED) is 0.501. The van der Waals surface area contributed by atoms with Crippen molar-refractivity contribution in [2.24, 2.45) is 5.92 Å². The van der Waals surface area contributed by atoms with Gasteiger partial charge in [-0.1, -0.05) is 13.1 Å². The van der Waals surface area contributed by atoms with E-state index in [-0.39, 0.29) is 18.3 Å². The van der Waals surface area contributed by atoms with E-state index in [1.165, 1.54) is 10.6 Å². The topological polar surface area (TPSA) is 84.2 Å². The Morgan fingerprint density at radius 1 is 1.17 bits per heavy atom. The minimum absolute atomic E-state index is 0.0152. The number of halogens is 1. The number of fused-ring (bicyclic) bond motifs is 2. The summed E-state index contributed by atoms with van der Waals surface area (Å²) in [6.07, 6.45) is 5.40. The number of pyridine rings is 1. The minimum atomic E-state index is -0.426. The minimum Gasteiger partial charge on any atom is -0.232 e. The van der Waals surface area contributed by atoms with Crippen LogP contribution in [0.1, 0.15) is 29.4 Å². The second-order valence-corrected chi connectivity index (χ2v) is 8.05. The maximum atomic E-state index is 14.8. The van der Waals surface area contributed by atoms with Crippen LogP contribution in [0.15, 0.2) is 24.5 Å². The standard InChI is InChI=1S/C20H19BFN7/c1-11-4-17(26-28-8-12(2)24-19(11)28)14-6-16(22)20-25-18(27-29(20)9-14)15-5-13(15)7-21(3)10-23/h4,6,8-9,13,15H,5,7H2,1-3H3/t13-,15?/m0/s1. The normalized spacial score (nSPS) is 18.3. The summed E-state index contributed by atoms with van der Waals surface area (Å²) in [5.41, 5.74) is 4.15. The molecule has 1 unspecified atom stereocenters. The fourth-order valence-electron chi connectivity index (χ4n) is 3.98. The molecule has 1 fully saturated rings. The van der Waals surface area contributed by atoms with Gasteiger partial charge in [0.2, 0.25) is 0 Å². The van der Waals surface area contributed by atoms with Crippen molar-refractivity contribution in [2.45, 2.75) is 39.3 Å². The molecule has 29 heavy (non-hydrogen) atoms. The third kappa shape index (κ3) is 3.05. The van der Waals surface area contributed by atoms with Gasteiger partial charge in [0.25, 0.3) is 6.71 Å². The van der Waals surface area contributed by atoms with Crippen LogP contribution < -0.4 is 0 Å². The SMILES string of the molecule is CB(C#N)C[C@@H]1CC1c1nc2c(F)cc(-c3cc(C)c4nc(C)cn4n3)cn2n1. The van der Waals surface area contributed by atoms with Crippen molar-refractivity contribution in [3.63, 3.8) is 0 Å². The molecular formula is C20H19BFN7. The van der Waals surface area contributed by atoms with E-state index in [1.54, 1.807) is 10.7 Å². The van der Waals surface area contributed by atoms with Gasteiger partial charge in [0.15, 0.2) is 22.9 Å². The molecule has 0 aromatic carbocycles. The third-order valence-electron chi connectivity index (χ3n) is 5.56. The number of aryl methyl sites for hydroxylation is 2. The van der Waals surface area contributed by atoms with Gasteiger partial charge in [-0.05, 0) is 43.9 Å². The highest BCUT2D eigenvalue weighted by molar-refractivity contribution is 6.65. The summed E-state index contributed by atoms with van der Waals surface area (Å²) >= 11 is 0. The van der Waals surface area contributed by atoms with E-state index in [0.29, 0.717) is 23.0 Å². The van der Waals surface area contributed by atoms with Crippen molar-refractivity contribution in [2.75, 3.05) is 0 Å². The van der Waals surface area contributed by atoms with Crippen LogP contribution >= 0.6 is 0 Å². The number of imidazole rings is 1. The number of aromatic nitrogens is 6. The van der Waals surface area contributed by atoms with Crippen molar-refractivity contribution in [3.8, 4) is 17.2 Å². The van der Waals surface area contributed by atoms with Gasteiger partial charge in [-0.15, -0.1) is 0 Å². The number of nitriles is 1. The van der Waals surface area contributed by atoms with E-state index in [2.05, 4.69) is 26.1 Å². The van der Waals surface area contributed by atoms with Crippen LogP contribution in [0.2, 0.25) is 13.1 Å². The molecule has 5 rings (SSSR count). The smallest absolute Gasteiger partial charge is 0.232 e. The summed E-state index contributed by atoms with van der Waals surface area (Å²) in [6.45, 7) is 5.82. The van der Waals surface area contributed by atoms with E-state index in [9.17, 15) is 4.39 Å². The molecule has 1 aliphatic rings. The highest BCUT2D eigenvalue weighted by atomic mass is 19.1. The molecule has 0 spiro atoms. The number of hydrogen-bond acceptors (Lipinski definition) is 5. The Bertz CT molecular complexity index is 1300. The average Bonchev–Trinajstić information content (AvgIpc) is 3.12. The molecule has 1 aliphatic carbocycles. The van der Waals surface area contributed by atoms with Gasteiger partial charge < -0.3 is 0 Å². The van der Waals surface area contributed by atoms with Crippen molar-refractivity contribution in [1.82, 2.24) is 29.2 Å². The Hall–Kier alpha value is -3.28. The van der Waals surface area contributed by atoms with Gasteiger partial charge in [0, 0.05) is 23.6 Å². The summed E-state index contributed by atoms with van der Waals surface area (Å²) in [6, 6.07) is 3.35. The van der Waals surface area contributed by atoms with Crippen LogP contribution in [-0.2, 0) is 0 Å². The predicted molar refractivity (Wildman–Crippen MR) is 107 cm³/mol. The zero-order chi connectivity index (χ0) is 20.3. The molecular weight excluding hydrogens is 368 g/mol. The molecule has 2 atom stereocenters. The molecule has 0 saturated heterocycles. The van der Waals surface area contributed by atoms with Crippen LogP contribution in [0.25, 0.3) is 22.6 Å². The maximum absolute atomic E-state index is 14.8. The molecule has 9 heteroatoms. The van der Waals surface area contributed by atoms with Crippen LogP contribution in [0.5, 0.6) is 0 Å². The molecule has 0 bridgehead atoms. The number of nitrogens with zero attached hydrogens (tertiary/aromatic N) is 7. The van der Waals surface area contributed by atoms with Crippen LogP contribution in [0.4, 0.5) is 4.39 Å². The third-order valence-corrected chi connectivity index (χ3v) is 5.56. The lowest BCUT2D eigenvalue weighted by molar-refractivity contribution is 0.628. The lowest BCUT2D eigenvalue weighted by atomic mass is 9.50. The summed E-state index contributed by atoms with van der Waals surface area (Å²) in [5, 5.41) is 18.1. The molecule has 0 N–H and O–H groups in total. The summed E-state index contributed by atoms with van der Waals surface area (Å²) in [4.78, 5) is 8.88. The molecule has 4 aromatic heterocycles. The predicted octanol–water partition coefficient (Wildman–Crippen LogP) is 3.49. The summed E-state index contributed by atoms with van der Waals surface area (Å²) in [7, 11) is 0. The van der Waals surface area contributed by atoms with Crippen LogP contribution in [-0.4, -0.2) is 35.9 Å². The van der Waals surface area contributed by atoms with Crippen molar-refractivity contribution >= 4 is 18.0 Å². The molecule has 7 nitrogen and oxygen atoms in total. The number of rotatable bonds is 4. The molecule has 4 aromatic rings. The van der Waals surface area contributed by atoms with Crippen molar-refractivity contribution < 1.29 is 4.39 Å². The van der Waals surface area contributed by atoms with Gasteiger partial charge in [-0.3, -0.25) is 0 Å². The Labute approximate surface area is 167 Å². The van der Waals surface area contributed by atoms with Gasteiger partial charge in [-0.25, -0.2) is 28.7 Å². The Balaban J connectivity index is 1.51. The first-order valence-electron chi connectivity index (χ1n) is 9.72. The highest BCUT2D eigenvalue weighted by Crippen LogP contribution is 2.49. The Kier molecular flexibility index (Phi) is 3.91. The number of hydrogen-bond donors (Lipinski definition) is 0. The molecule has 144 valence electrons. The van der Waals surface area contributed by atoms with Crippen LogP contribution in [0, 0.1) is 36.8 Å². The zero-order valence-corrected chi connectivity index (χ0v) is 16.5. The highest BCUT2D eigenvalue weighted by Gasteiger charge is 2.42.